The van der Waals surface area contributed by atoms with Crippen molar-refractivity contribution in [2.75, 3.05) is 13.1 Å². The molecule has 4 heteroatoms. The molecule has 0 radical (unpaired) electrons. The largest absolute Gasteiger partial charge is 0.441 e. The summed E-state index contributed by atoms with van der Waals surface area (Å²) in [6, 6.07) is 18.6. The van der Waals surface area contributed by atoms with E-state index in [4.69, 9.17) is 9.40 Å². The Kier molecular flexibility index (Phi) is 6.12. The molecule has 2 aromatic carbocycles. The summed E-state index contributed by atoms with van der Waals surface area (Å²) in [4.78, 5) is 7.18. The van der Waals surface area contributed by atoms with Crippen LogP contribution in [0.15, 0.2) is 59.0 Å². The Balaban J connectivity index is 1.32. The summed E-state index contributed by atoms with van der Waals surface area (Å²) in [5.74, 6) is 1.96. The average molecular weight is 391 g/mol. The van der Waals surface area contributed by atoms with Gasteiger partial charge >= 0.3 is 0 Å². The van der Waals surface area contributed by atoms with Crippen molar-refractivity contribution >= 4 is 0 Å². The molecule has 1 aliphatic heterocycles. The average Bonchev–Trinajstić information content (AvgIpc) is 3.10. The number of hydrogen-bond acceptors (Lipinski definition) is 4. The molecular weight excluding hydrogens is 360 g/mol. The van der Waals surface area contributed by atoms with Crippen molar-refractivity contribution in [3.63, 3.8) is 0 Å². The standard InChI is InChI=1S/C25H30N2O2/c1-18-8-10-22(11-9-18)25-26-23(19(2)29-25)17-27-14-12-21(13-15-27)24(28)16-20-6-4-3-5-7-20/h3-11,21,24,28H,12-17H2,1-2H3. The Labute approximate surface area is 173 Å². The molecule has 1 atom stereocenters. The summed E-state index contributed by atoms with van der Waals surface area (Å²) in [5.41, 5.74) is 4.48. The summed E-state index contributed by atoms with van der Waals surface area (Å²) in [5, 5.41) is 10.7. The smallest absolute Gasteiger partial charge is 0.226 e. The van der Waals surface area contributed by atoms with Crippen molar-refractivity contribution in [1.82, 2.24) is 9.88 Å². The van der Waals surface area contributed by atoms with Crippen molar-refractivity contribution < 1.29 is 9.52 Å². The van der Waals surface area contributed by atoms with E-state index in [0.29, 0.717) is 11.8 Å². The molecule has 0 bridgehead atoms. The Morgan fingerprint density at radius 1 is 1.03 bits per heavy atom. The predicted octanol–water partition coefficient (Wildman–Crippen LogP) is 4.77. The zero-order chi connectivity index (χ0) is 20.2. The first-order valence-electron chi connectivity index (χ1n) is 10.6. The number of aryl methyl sites for hydroxylation is 2. The van der Waals surface area contributed by atoms with E-state index < -0.39 is 0 Å². The lowest BCUT2D eigenvalue weighted by atomic mass is 9.88. The van der Waals surface area contributed by atoms with Crippen molar-refractivity contribution in [3.8, 4) is 11.5 Å². The first-order valence-corrected chi connectivity index (χ1v) is 10.6. The second-order valence-corrected chi connectivity index (χ2v) is 8.26. The van der Waals surface area contributed by atoms with Gasteiger partial charge in [-0.2, -0.15) is 0 Å². The highest BCUT2D eigenvalue weighted by Gasteiger charge is 2.26. The van der Waals surface area contributed by atoms with Gasteiger partial charge in [0.2, 0.25) is 5.89 Å². The maximum Gasteiger partial charge on any atom is 0.226 e. The molecule has 3 aromatic rings. The van der Waals surface area contributed by atoms with Crippen molar-refractivity contribution in [2.45, 2.75) is 45.8 Å². The highest BCUT2D eigenvalue weighted by Crippen LogP contribution is 2.26. The van der Waals surface area contributed by atoms with E-state index in [-0.39, 0.29) is 6.10 Å². The van der Waals surface area contributed by atoms with Crippen LogP contribution in [0.3, 0.4) is 0 Å². The molecule has 4 rings (SSSR count). The fourth-order valence-electron chi connectivity index (χ4n) is 4.12. The monoisotopic (exact) mass is 390 g/mol. The van der Waals surface area contributed by atoms with Crippen LogP contribution in [0.4, 0.5) is 0 Å². The highest BCUT2D eigenvalue weighted by atomic mass is 16.4. The highest BCUT2D eigenvalue weighted by molar-refractivity contribution is 5.54. The first kappa shape index (κ1) is 19.9. The third-order valence-corrected chi connectivity index (χ3v) is 6.03. The summed E-state index contributed by atoms with van der Waals surface area (Å²) in [6.07, 6.45) is 2.53. The van der Waals surface area contributed by atoms with Gasteiger partial charge in [-0.05, 0) is 69.8 Å². The summed E-state index contributed by atoms with van der Waals surface area (Å²) in [6.45, 7) is 6.86. The second kappa shape index (κ2) is 8.93. The van der Waals surface area contributed by atoms with Gasteiger partial charge in [-0.15, -0.1) is 0 Å². The number of oxazole rings is 1. The topological polar surface area (TPSA) is 49.5 Å². The molecule has 1 unspecified atom stereocenters. The van der Waals surface area contributed by atoms with Gasteiger partial charge in [-0.25, -0.2) is 4.98 Å². The fourth-order valence-corrected chi connectivity index (χ4v) is 4.12. The third-order valence-electron chi connectivity index (χ3n) is 6.03. The van der Waals surface area contributed by atoms with E-state index in [9.17, 15) is 5.11 Å². The van der Waals surface area contributed by atoms with Crippen molar-refractivity contribution in [3.05, 3.63) is 77.2 Å². The van der Waals surface area contributed by atoms with E-state index in [1.165, 1.54) is 11.1 Å². The van der Waals surface area contributed by atoms with Crippen LogP contribution < -0.4 is 0 Å². The van der Waals surface area contributed by atoms with Crippen LogP contribution >= 0.6 is 0 Å². The van der Waals surface area contributed by atoms with E-state index in [1.807, 2.05) is 25.1 Å². The summed E-state index contributed by atoms with van der Waals surface area (Å²) >= 11 is 0. The molecule has 0 saturated carbocycles. The molecule has 4 nitrogen and oxygen atoms in total. The van der Waals surface area contributed by atoms with Crippen LogP contribution in [0.1, 0.15) is 35.4 Å². The number of hydrogen-bond donors (Lipinski definition) is 1. The van der Waals surface area contributed by atoms with E-state index >= 15 is 0 Å². The van der Waals surface area contributed by atoms with Gasteiger partial charge in [-0.3, -0.25) is 4.90 Å². The van der Waals surface area contributed by atoms with E-state index in [1.54, 1.807) is 0 Å². The van der Waals surface area contributed by atoms with Gasteiger partial charge in [0.25, 0.3) is 0 Å². The lowest BCUT2D eigenvalue weighted by Crippen LogP contribution is -2.38. The molecule has 0 spiro atoms. The maximum absolute atomic E-state index is 10.7. The fraction of sp³-hybridized carbons (Fsp3) is 0.400. The number of aliphatic hydroxyl groups is 1. The molecule has 152 valence electrons. The molecule has 0 amide bonds. The number of aromatic nitrogens is 1. The minimum Gasteiger partial charge on any atom is -0.441 e. The van der Waals surface area contributed by atoms with Gasteiger partial charge in [0.1, 0.15) is 5.76 Å². The Morgan fingerprint density at radius 3 is 2.41 bits per heavy atom. The quantitative estimate of drug-likeness (QED) is 0.658. The summed E-state index contributed by atoms with van der Waals surface area (Å²) < 4.78 is 5.93. The van der Waals surface area contributed by atoms with Crippen LogP contribution in [0.25, 0.3) is 11.5 Å². The van der Waals surface area contributed by atoms with Crippen LogP contribution in [0, 0.1) is 19.8 Å². The molecule has 1 N–H and O–H groups in total. The van der Waals surface area contributed by atoms with Gasteiger partial charge in [-0.1, -0.05) is 48.0 Å². The van der Waals surface area contributed by atoms with Gasteiger partial charge in [0.05, 0.1) is 11.8 Å². The SMILES string of the molecule is Cc1ccc(-c2nc(CN3CCC(C(O)Cc4ccccc4)CC3)c(C)o2)cc1. The Morgan fingerprint density at radius 2 is 1.72 bits per heavy atom. The molecular formula is C25H30N2O2. The minimum absolute atomic E-state index is 0.263. The van der Waals surface area contributed by atoms with Crippen LogP contribution in [0.5, 0.6) is 0 Å². The number of likely N-dealkylation sites (tertiary alicyclic amines) is 1. The first-order chi connectivity index (χ1) is 14.1. The van der Waals surface area contributed by atoms with Crippen LogP contribution in [0.2, 0.25) is 0 Å². The lowest BCUT2D eigenvalue weighted by molar-refractivity contribution is 0.0572. The van der Waals surface area contributed by atoms with Crippen LogP contribution in [-0.2, 0) is 13.0 Å². The number of rotatable bonds is 6. The second-order valence-electron chi connectivity index (χ2n) is 8.26. The number of nitrogens with zero attached hydrogens (tertiary/aromatic N) is 2. The zero-order valence-electron chi connectivity index (χ0n) is 17.3. The molecule has 29 heavy (non-hydrogen) atoms. The lowest BCUT2D eigenvalue weighted by Gasteiger charge is -2.34. The van der Waals surface area contributed by atoms with E-state index in [2.05, 4.69) is 48.2 Å². The number of benzene rings is 2. The third kappa shape index (κ3) is 4.95. The van der Waals surface area contributed by atoms with Crippen molar-refractivity contribution in [1.29, 1.82) is 0 Å². The van der Waals surface area contributed by atoms with Gasteiger partial charge in [0, 0.05) is 12.1 Å². The minimum atomic E-state index is -0.263. The predicted molar refractivity (Wildman–Crippen MR) is 116 cm³/mol. The maximum atomic E-state index is 10.7. The Hall–Kier alpha value is -2.43. The normalized spacial score (nSPS) is 16.8. The van der Waals surface area contributed by atoms with Crippen molar-refractivity contribution in [2.24, 2.45) is 5.92 Å². The summed E-state index contributed by atoms with van der Waals surface area (Å²) in [7, 11) is 0. The molecule has 2 heterocycles. The van der Waals surface area contributed by atoms with Gasteiger partial charge in [0.15, 0.2) is 0 Å². The Bertz CT molecular complexity index is 910. The molecule has 1 fully saturated rings. The van der Waals surface area contributed by atoms with E-state index in [0.717, 1.165) is 55.9 Å². The zero-order valence-corrected chi connectivity index (χ0v) is 17.3. The molecule has 1 aliphatic rings. The molecule has 1 saturated heterocycles. The number of aliphatic hydroxyl groups excluding tert-OH is 1. The molecule has 0 aliphatic carbocycles. The number of piperidine rings is 1. The molecule has 1 aromatic heterocycles. The van der Waals surface area contributed by atoms with Crippen LogP contribution in [-0.4, -0.2) is 34.2 Å². The van der Waals surface area contributed by atoms with Gasteiger partial charge < -0.3 is 9.52 Å².